The van der Waals surface area contributed by atoms with Gasteiger partial charge in [0.05, 0.1) is 10.8 Å². The maximum absolute atomic E-state index is 13.2. The minimum atomic E-state index is -1.41. The summed E-state index contributed by atoms with van der Waals surface area (Å²) in [6.45, 7) is 11.9. The molecule has 0 spiro atoms. The van der Waals surface area contributed by atoms with Gasteiger partial charge in [0.2, 0.25) is 0 Å². The number of aryl methyl sites for hydroxylation is 1. The number of benzene rings is 2. The number of rotatable bonds is 10. The molecule has 6 heteroatoms. The van der Waals surface area contributed by atoms with Crippen LogP contribution in [-0.4, -0.2) is 27.6 Å². The Balaban J connectivity index is 2.26. The number of hydrogen-bond acceptors (Lipinski definition) is 4. The second-order valence-electron chi connectivity index (χ2n) is 9.20. The van der Waals surface area contributed by atoms with Crippen LogP contribution in [0, 0.1) is 18.8 Å². The summed E-state index contributed by atoms with van der Waals surface area (Å²) in [5.41, 5.74) is 0.538. The molecule has 31 heavy (non-hydrogen) atoms. The molecule has 4 nitrogen and oxygen atoms in total. The van der Waals surface area contributed by atoms with E-state index in [1.807, 2.05) is 82.3 Å². The van der Waals surface area contributed by atoms with Crippen LogP contribution >= 0.6 is 11.8 Å². The summed E-state index contributed by atoms with van der Waals surface area (Å²) < 4.78 is 22.1. The summed E-state index contributed by atoms with van der Waals surface area (Å²) in [5, 5.41) is 0. The van der Waals surface area contributed by atoms with Gasteiger partial charge in [0.1, 0.15) is 16.6 Å². The quantitative estimate of drug-likeness (QED) is 0.360. The first kappa shape index (κ1) is 25.6. The zero-order valence-electron chi connectivity index (χ0n) is 19.4. The number of hydrogen-bond donors (Lipinski definition) is 1. The lowest BCUT2D eigenvalue weighted by Crippen LogP contribution is -2.45. The highest BCUT2D eigenvalue weighted by Crippen LogP contribution is 2.27. The summed E-state index contributed by atoms with van der Waals surface area (Å²) in [6.07, 6.45) is 0.719. The highest BCUT2D eigenvalue weighted by Gasteiger charge is 2.34. The molecule has 0 aliphatic rings. The van der Waals surface area contributed by atoms with Crippen molar-refractivity contribution >= 4 is 28.7 Å². The Morgan fingerprint density at radius 3 is 2.23 bits per heavy atom. The summed E-state index contributed by atoms with van der Waals surface area (Å²) in [4.78, 5) is 15.0. The fraction of sp³-hybridized carbons (Fsp3) is 0.480. The molecule has 0 bridgehead atoms. The molecule has 0 aromatic heterocycles. The van der Waals surface area contributed by atoms with Crippen molar-refractivity contribution in [3.8, 4) is 0 Å². The molecule has 2 aromatic carbocycles. The molecule has 0 fully saturated rings. The molecule has 0 aliphatic carbocycles. The van der Waals surface area contributed by atoms with Gasteiger partial charge in [-0.3, -0.25) is 4.79 Å². The first-order valence-electron chi connectivity index (χ1n) is 10.7. The van der Waals surface area contributed by atoms with Crippen LogP contribution < -0.4 is 4.72 Å². The monoisotopic (exact) mass is 461 g/mol. The molecule has 0 heterocycles. The van der Waals surface area contributed by atoms with E-state index in [0.29, 0.717) is 16.6 Å². The van der Waals surface area contributed by atoms with E-state index in [1.54, 1.807) is 11.8 Å². The van der Waals surface area contributed by atoms with Crippen molar-refractivity contribution in [1.29, 1.82) is 0 Å². The van der Waals surface area contributed by atoms with E-state index in [1.165, 1.54) is 0 Å². The predicted octanol–water partition coefficient (Wildman–Crippen LogP) is 5.77. The lowest BCUT2D eigenvalue weighted by molar-refractivity contribution is -0.160. The van der Waals surface area contributed by atoms with Gasteiger partial charge < -0.3 is 4.74 Å². The summed E-state index contributed by atoms with van der Waals surface area (Å²) in [7, 11) is -1.41. The molecule has 2 aromatic rings. The lowest BCUT2D eigenvalue weighted by atomic mass is 9.94. The van der Waals surface area contributed by atoms with Crippen LogP contribution in [0.15, 0.2) is 64.4 Å². The lowest BCUT2D eigenvalue weighted by Gasteiger charge is -2.30. The molecular formula is C25H35NO3S2. The molecule has 0 saturated carbocycles. The first-order chi connectivity index (χ1) is 14.5. The van der Waals surface area contributed by atoms with Gasteiger partial charge in [-0.1, -0.05) is 49.7 Å². The van der Waals surface area contributed by atoms with Crippen LogP contribution in [-0.2, 0) is 20.5 Å². The average molecular weight is 462 g/mol. The van der Waals surface area contributed by atoms with E-state index in [4.69, 9.17) is 4.74 Å². The number of esters is 1. The minimum Gasteiger partial charge on any atom is -0.460 e. The van der Waals surface area contributed by atoms with Gasteiger partial charge in [0.25, 0.3) is 0 Å². The number of ether oxygens (including phenoxy) is 1. The molecule has 0 unspecified atom stereocenters. The molecule has 2 rings (SSSR count). The van der Waals surface area contributed by atoms with Crippen LogP contribution in [0.5, 0.6) is 0 Å². The van der Waals surface area contributed by atoms with Crippen molar-refractivity contribution < 1.29 is 13.7 Å². The largest absolute Gasteiger partial charge is 0.460 e. The molecule has 170 valence electrons. The highest BCUT2D eigenvalue weighted by atomic mass is 32.2. The Morgan fingerprint density at radius 2 is 1.68 bits per heavy atom. The Kier molecular flexibility index (Phi) is 9.79. The van der Waals surface area contributed by atoms with Gasteiger partial charge in [-0.25, -0.2) is 8.93 Å². The molecule has 0 aliphatic heterocycles. The van der Waals surface area contributed by atoms with Crippen molar-refractivity contribution in [3.05, 3.63) is 60.2 Å². The van der Waals surface area contributed by atoms with Crippen LogP contribution in [0.1, 0.15) is 46.6 Å². The van der Waals surface area contributed by atoms with Crippen LogP contribution in [0.2, 0.25) is 0 Å². The summed E-state index contributed by atoms with van der Waals surface area (Å²) >= 11 is 1.62. The van der Waals surface area contributed by atoms with Gasteiger partial charge in [0.15, 0.2) is 0 Å². The van der Waals surface area contributed by atoms with Gasteiger partial charge in [-0.05, 0) is 64.3 Å². The number of nitrogens with one attached hydrogen (secondary N) is 1. The van der Waals surface area contributed by atoms with Crippen molar-refractivity contribution in [2.24, 2.45) is 11.8 Å². The van der Waals surface area contributed by atoms with E-state index in [2.05, 4.69) is 18.6 Å². The van der Waals surface area contributed by atoms with Crippen molar-refractivity contribution in [3.63, 3.8) is 0 Å². The van der Waals surface area contributed by atoms with Crippen LogP contribution in [0.4, 0.5) is 0 Å². The van der Waals surface area contributed by atoms with Crippen LogP contribution in [0.3, 0.4) is 0 Å². The average Bonchev–Trinajstić information content (AvgIpc) is 2.67. The maximum atomic E-state index is 13.2. The van der Waals surface area contributed by atoms with E-state index in [9.17, 15) is 9.00 Å². The minimum absolute atomic E-state index is 0.255. The molecular weight excluding hydrogens is 426 g/mol. The van der Waals surface area contributed by atoms with Gasteiger partial charge >= 0.3 is 5.97 Å². The Morgan fingerprint density at radius 1 is 1.06 bits per heavy atom. The molecule has 3 atom stereocenters. The summed E-state index contributed by atoms with van der Waals surface area (Å²) in [5.74, 6) is 0.199. The smallest absolute Gasteiger partial charge is 0.311 e. The normalized spacial score (nSPS) is 14.8. The van der Waals surface area contributed by atoms with Crippen LogP contribution in [0.25, 0.3) is 0 Å². The van der Waals surface area contributed by atoms with Gasteiger partial charge in [0, 0.05) is 16.7 Å². The van der Waals surface area contributed by atoms with E-state index < -0.39 is 22.5 Å². The number of carbonyl (C=O) groups is 1. The van der Waals surface area contributed by atoms with Crippen molar-refractivity contribution in [1.82, 2.24) is 4.72 Å². The molecule has 1 N–H and O–H groups in total. The Labute approximate surface area is 194 Å². The van der Waals surface area contributed by atoms with Gasteiger partial charge in [-0.15, -0.1) is 11.8 Å². The topological polar surface area (TPSA) is 55.4 Å². The third-order valence-corrected chi connectivity index (χ3v) is 6.94. The van der Waals surface area contributed by atoms with Crippen molar-refractivity contribution in [2.45, 2.75) is 69.4 Å². The predicted molar refractivity (Wildman–Crippen MR) is 130 cm³/mol. The zero-order chi connectivity index (χ0) is 23.0. The SMILES string of the molecule is Cc1ccc([S@](=O)N[C@@H](CC(C)C)[C@@H](CSc2ccccc2)C(=O)OC(C)(C)C)cc1. The molecule has 0 saturated heterocycles. The second kappa shape index (κ2) is 11.8. The standard InChI is InChI=1S/C25H35NO3S2/c1-18(2)16-23(26-31(28)21-14-12-19(3)13-15-21)22(24(27)29-25(4,5)6)17-30-20-10-8-7-9-11-20/h7-15,18,22-23,26H,16-17H2,1-6H3/t22-,23+,31+/m1/s1. The van der Waals surface area contributed by atoms with Crippen molar-refractivity contribution in [2.75, 3.05) is 5.75 Å². The number of thioether (sulfide) groups is 1. The third-order valence-electron chi connectivity index (χ3n) is 4.59. The van der Waals surface area contributed by atoms with E-state index in [-0.39, 0.29) is 12.0 Å². The number of carbonyl (C=O) groups excluding carboxylic acids is 1. The fourth-order valence-corrected chi connectivity index (χ4v) is 5.24. The van der Waals surface area contributed by atoms with E-state index in [0.717, 1.165) is 16.9 Å². The fourth-order valence-electron chi connectivity index (χ4n) is 3.10. The second-order valence-corrected chi connectivity index (χ2v) is 11.5. The molecule has 0 radical (unpaired) electrons. The third kappa shape index (κ3) is 9.17. The van der Waals surface area contributed by atoms with Gasteiger partial charge in [-0.2, -0.15) is 0 Å². The summed E-state index contributed by atoms with van der Waals surface area (Å²) in [6, 6.07) is 17.4. The van der Waals surface area contributed by atoms with E-state index >= 15 is 0 Å². The maximum Gasteiger partial charge on any atom is 0.311 e. The zero-order valence-corrected chi connectivity index (χ0v) is 21.0. The molecule has 0 amide bonds. The first-order valence-corrected chi connectivity index (χ1v) is 12.8. The Bertz CT molecular complexity index is 845. The highest BCUT2D eigenvalue weighted by molar-refractivity contribution is 7.99. The Hall–Kier alpha value is -1.63.